The summed E-state index contributed by atoms with van der Waals surface area (Å²) in [6.07, 6.45) is 1.12. The van der Waals surface area contributed by atoms with Crippen LogP contribution in [0.1, 0.15) is 50.2 Å². The van der Waals surface area contributed by atoms with Crippen LogP contribution >= 0.6 is 11.6 Å². The molecule has 1 aliphatic rings. The fourth-order valence-electron chi connectivity index (χ4n) is 2.50. The molecule has 0 saturated carbocycles. The van der Waals surface area contributed by atoms with Gasteiger partial charge in [-0.25, -0.2) is 4.98 Å². The maximum absolute atomic E-state index is 12.6. The number of aromatic nitrogens is 1. The van der Waals surface area contributed by atoms with E-state index in [4.69, 9.17) is 11.6 Å². The van der Waals surface area contributed by atoms with E-state index in [0.29, 0.717) is 24.9 Å². The smallest absolute Gasteiger partial charge is 0.260 e. The predicted octanol–water partition coefficient (Wildman–Crippen LogP) is 3.33. The summed E-state index contributed by atoms with van der Waals surface area (Å²) in [5.41, 5.74) is 1.20. The molecule has 1 aromatic heterocycles. The SMILES string of the molecule is CCc1cc(C(=O)N2CC(C(C)(C)C)CC2=O)cc(Cl)n1. The van der Waals surface area contributed by atoms with Gasteiger partial charge in [0.15, 0.2) is 0 Å². The van der Waals surface area contributed by atoms with E-state index in [-0.39, 0.29) is 28.3 Å². The van der Waals surface area contributed by atoms with Crippen LogP contribution in [0.5, 0.6) is 0 Å². The summed E-state index contributed by atoms with van der Waals surface area (Å²) < 4.78 is 0. The van der Waals surface area contributed by atoms with Crippen LogP contribution in [0.4, 0.5) is 0 Å². The third-order valence-corrected chi connectivity index (χ3v) is 4.24. The highest BCUT2D eigenvalue weighted by Crippen LogP contribution is 2.34. The van der Waals surface area contributed by atoms with Crippen molar-refractivity contribution in [3.05, 3.63) is 28.5 Å². The number of halogens is 1. The van der Waals surface area contributed by atoms with Gasteiger partial charge in [0.2, 0.25) is 5.91 Å². The second-order valence-corrected chi connectivity index (χ2v) is 6.99. The number of pyridine rings is 1. The van der Waals surface area contributed by atoms with Crippen molar-refractivity contribution in [3.8, 4) is 0 Å². The fourth-order valence-corrected chi connectivity index (χ4v) is 2.72. The van der Waals surface area contributed by atoms with E-state index >= 15 is 0 Å². The molecular weight excluding hydrogens is 288 g/mol. The van der Waals surface area contributed by atoms with Gasteiger partial charge in [-0.2, -0.15) is 0 Å². The number of likely N-dealkylation sites (tertiary alicyclic amines) is 1. The molecule has 5 heteroatoms. The fraction of sp³-hybridized carbons (Fsp3) is 0.562. The molecule has 0 aromatic carbocycles. The summed E-state index contributed by atoms with van der Waals surface area (Å²) in [5.74, 6) is -0.187. The van der Waals surface area contributed by atoms with Crippen LogP contribution in [0, 0.1) is 11.3 Å². The van der Waals surface area contributed by atoms with Gasteiger partial charge in [-0.15, -0.1) is 0 Å². The molecule has 0 aliphatic carbocycles. The number of amides is 2. The number of imide groups is 1. The number of carbonyl (C=O) groups excluding carboxylic acids is 2. The van der Waals surface area contributed by atoms with E-state index in [1.54, 1.807) is 6.07 Å². The van der Waals surface area contributed by atoms with Crippen molar-refractivity contribution in [2.24, 2.45) is 11.3 Å². The topological polar surface area (TPSA) is 50.3 Å². The largest absolute Gasteiger partial charge is 0.278 e. The first kappa shape index (κ1) is 16.0. The molecule has 4 nitrogen and oxygen atoms in total. The molecule has 2 heterocycles. The van der Waals surface area contributed by atoms with Crippen molar-refractivity contribution in [2.75, 3.05) is 6.54 Å². The standard InChI is InChI=1S/C16H21ClN2O2/c1-5-12-6-10(7-13(17)18-12)15(21)19-9-11(8-14(19)20)16(2,3)4/h6-7,11H,5,8-9H2,1-4H3. The zero-order valence-corrected chi connectivity index (χ0v) is 13.7. The highest BCUT2D eigenvalue weighted by Gasteiger charge is 2.39. The third kappa shape index (κ3) is 3.43. The number of carbonyl (C=O) groups is 2. The molecule has 0 bridgehead atoms. The molecule has 1 atom stereocenters. The van der Waals surface area contributed by atoms with Crippen molar-refractivity contribution in [2.45, 2.75) is 40.5 Å². The maximum atomic E-state index is 12.6. The highest BCUT2D eigenvalue weighted by atomic mass is 35.5. The minimum Gasteiger partial charge on any atom is -0.278 e. The van der Waals surface area contributed by atoms with Crippen LogP contribution < -0.4 is 0 Å². The number of aryl methyl sites for hydroxylation is 1. The number of rotatable bonds is 2. The molecule has 0 spiro atoms. The Hall–Kier alpha value is -1.42. The van der Waals surface area contributed by atoms with Gasteiger partial charge in [-0.1, -0.05) is 39.3 Å². The van der Waals surface area contributed by atoms with Crippen LogP contribution in [-0.4, -0.2) is 28.2 Å². The Bertz CT molecular complexity index is 578. The first-order valence-electron chi connectivity index (χ1n) is 7.23. The van der Waals surface area contributed by atoms with Gasteiger partial charge in [-0.3, -0.25) is 14.5 Å². The predicted molar refractivity (Wildman–Crippen MR) is 82.2 cm³/mol. The molecule has 21 heavy (non-hydrogen) atoms. The first-order chi connectivity index (χ1) is 9.72. The van der Waals surface area contributed by atoms with Crippen molar-refractivity contribution >= 4 is 23.4 Å². The van der Waals surface area contributed by atoms with Gasteiger partial charge in [-0.05, 0) is 29.9 Å². The van der Waals surface area contributed by atoms with E-state index in [1.165, 1.54) is 11.0 Å². The van der Waals surface area contributed by atoms with Crippen LogP contribution in [0.15, 0.2) is 12.1 Å². The molecule has 2 rings (SSSR count). The van der Waals surface area contributed by atoms with Gasteiger partial charge in [0, 0.05) is 24.2 Å². The third-order valence-electron chi connectivity index (χ3n) is 4.05. The summed E-state index contributed by atoms with van der Waals surface area (Å²) >= 11 is 5.95. The van der Waals surface area contributed by atoms with E-state index in [9.17, 15) is 9.59 Å². The first-order valence-corrected chi connectivity index (χ1v) is 7.61. The lowest BCUT2D eigenvalue weighted by molar-refractivity contribution is -0.125. The van der Waals surface area contributed by atoms with Gasteiger partial charge in [0.25, 0.3) is 5.91 Å². The number of hydrogen-bond donors (Lipinski definition) is 0. The van der Waals surface area contributed by atoms with Crippen molar-refractivity contribution in [3.63, 3.8) is 0 Å². The summed E-state index contributed by atoms with van der Waals surface area (Å²) in [6, 6.07) is 3.24. The molecule has 0 radical (unpaired) electrons. The Labute approximate surface area is 130 Å². The molecule has 1 fully saturated rings. The molecule has 1 aliphatic heterocycles. The van der Waals surface area contributed by atoms with Gasteiger partial charge >= 0.3 is 0 Å². The molecule has 1 aromatic rings. The van der Waals surface area contributed by atoms with E-state index in [1.807, 2.05) is 6.92 Å². The lowest BCUT2D eigenvalue weighted by Crippen LogP contribution is -2.33. The average molecular weight is 309 g/mol. The lowest BCUT2D eigenvalue weighted by Gasteiger charge is -2.26. The quantitative estimate of drug-likeness (QED) is 0.622. The minimum absolute atomic E-state index is 0.00908. The van der Waals surface area contributed by atoms with Crippen molar-refractivity contribution < 1.29 is 9.59 Å². The molecule has 2 amide bonds. The maximum Gasteiger partial charge on any atom is 0.260 e. The zero-order chi connectivity index (χ0) is 15.8. The van der Waals surface area contributed by atoms with Gasteiger partial charge in [0.05, 0.1) is 0 Å². The average Bonchev–Trinajstić information content (AvgIpc) is 2.79. The van der Waals surface area contributed by atoms with Gasteiger partial charge in [0.1, 0.15) is 5.15 Å². The zero-order valence-electron chi connectivity index (χ0n) is 12.9. The summed E-state index contributed by atoms with van der Waals surface area (Å²) in [5, 5.41) is 0.289. The second-order valence-electron chi connectivity index (χ2n) is 6.60. The number of hydrogen-bond acceptors (Lipinski definition) is 3. The molecule has 1 unspecified atom stereocenters. The Kier molecular flexibility index (Phi) is 4.38. The normalized spacial score (nSPS) is 19.2. The molecular formula is C16H21ClN2O2. The highest BCUT2D eigenvalue weighted by molar-refractivity contribution is 6.29. The van der Waals surface area contributed by atoms with E-state index < -0.39 is 0 Å². The Morgan fingerprint density at radius 3 is 2.62 bits per heavy atom. The van der Waals surface area contributed by atoms with Crippen molar-refractivity contribution in [1.29, 1.82) is 0 Å². The van der Waals surface area contributed by atoms with E-state index in [0.717, 1.165) is 5.69 Å². The summed E-state index contributed by atoms with van der Waals surface area (Å²) in [6.45, 7) is 8.71. The summed E-state index contributed by atoms with van der Waals surface area (Å²) in [4.78, 5) is 30.2. The van der Waals surface area contributed by atoms with Crippen LogP contribution in [-0.2, 0) is 11.2 Å². The minimum atomic E-state index is -0.272. The van der Waals surface area contributed by atoms with Crippen LogP contribution in [0.3, 0.4) is 0 Å². The van der Waals surface area contributed by atoms with Crippen LogP contribution in [0.2, 0.25) is 5.15 Å². The molecule has 1 saturated heterocycles. The van der Waals surface area contributed by atoms with Gasteiger partial charge < -0.3 is 0 Å². The Morgan fingerprint density at radius 1 is 1.43 bits per heavy atom. The van der Waals surface area contributed by atoms with Crippen molar-refractivity contribution in [1.82, 2.24) is 9.88 Å². The Morgan fingerprint density at radius 2 is 2.10 bits per heavy atom. The summed E-state index contributed by atoms with van der Waals surface area (Å²) in [7, 11) is 0. The number of nitrogens with zero attached hydrogens (tertiary/aromatic N) is 2. The van der Waals surface area contributed by atoms with E-state index in [2.05, 4.69) is 25.8 Å². The molecule has 0 N–H and O–H groups in total. The second kappa shape index (κ2) is 5.76. The Balaban J connectivity index is 2.25. The monoisotopic (exact) mass is 308 g/mol. The van der Waals surface area contributed by atoms with Crippen LogP contribution in [0.25, 0.3) is 0 Å². The lowest BCUT2D eigenvalue weighted by atomic mass is 9.80. The molecule has 114 valence electrons.